The summed E-state index contributed by atoms with van der Waals surface area (Å²) in [6, 6.07) is 23.8. The van der Waals surface area contributed by atoms with Gasteiger partial charge in [-0.05, 0) is 60.7 Å². The van der Waals surface area contributed by atoms with Gasteiger partial charge in [-0.2, -0.15) is 5.10 Å². The van der Waals surface area contributed by atoms with Crippen molar-refractivity contribution in [3.8, 4) is 22.7 Å². The van der Waals surface area contributed by atoms with E-state index in [0.717, 1.165) is 17.0 Å². The maximum absolute atomic E-state index is 13.2. The Kier molecular flexibility index (Phi) is 7.00. The Balaban J connectivity index is 1.61. The first-order chi connectivity index (χ1) is 16.6. The molecule has 8 heteroatoms. The summed E-state index contributed by atoms with van der Waals surface area (Å²) in [4.78, 5) is 24.9. The Morgan fingerprint density at radius 2 is 1.50 bits per heavy atom. The third kappa shape index (κ3) is 5.31. The zero-order valence-electron chi connectivity index (χ0n) is 18.8. The summed E-state index contributed by atoms with van der Waals surface area (Å²) in [7, 11) is 3.06. The number of hydrogen-bond acceptors (Lipinski definition) is 5. The van der Waals surface area contributed by atoms with Gasteiger partial charge in [-0.3, -0.25) is 9.59 Å². The first kappa shape index (κ1) is 22.8. The van der Waals surface area contributed by atoms with Gasteiger partial charge in [0, 0.05) is 30.2 Å². The minimum Gasteiger partial charge on any atom is -0.497 e. The van der Waals surface area contributed by atoms with Crippen molar-refractivity contribution in [3.63, 3.8) is 0 Å². The molecule has 0 bridgehead atoms. The van der Waals surface area contributed by atoms with Crippen molar-refractivity contribution >= 4 is 23.2 Å². The second-order valence-electron chi connectivity index (χ2n) is 7.41. The van der Waals surface area contributed by atoms with Crippen molar-refractivity contribution in [1.29, 1.82) is 0 Å². The number of nitrogens with one attached hydrogen (secondary N) is 2. The number of carbonyl (C=O) groups excluding carboxylic acids is 2. The molecule has 0 fully saturated rings. The lowest BCUT2D eigenvalue weighted by atomic mass is 10.1. The fraction of sp³-hybridized carbons (Fsp3) is 0.115. The molecule has 0 radical (unpaired) electrons. The molecule has 0 saturated heterocycles. The molecule has 1 aromatic heterocycles. The maximum atomic E-state index is 13.2. The van der Waals surface area contributed by atoms with E-state index in [9.17, 15) is 9.59 Å². The fourth-order valence-corrected chi connectivity index (χ4v) is 3.38. The van der Waals surface area contributed by atoms with E-state index in [1.54, 1.807) is 42.3 Å². The van der Waals surface area contributed by atoms with Crippen LogP contribution in [0.5, 0.6) is 5.75 Å². The van der Waals surface area contributed by atoms with Gasteiger partial charge in [-0.1, -0.05) is 18.2 Å². The van der Waals surface area contributed by atoms with E-state index in [1.807, 2.05) is 54.6 Å². The molecule has 2 N–H and O–H groups in total. The third-order valence-corrected chi connectivity index (χ3v) is 5.05. The van der Waals surface area contributed by atoms with Gasteiger partial charge in [-0.15, -0.1) is 0 Å². The highest BCUT2D eigenvalue weighted by molar-refractivity contribution is 6.08. The number of amides is 2. The Bertz CT molecular complexity index is 1270. The Morgan fingerprint density at radius 1 is 0.853 bits per heavy atom. The van der Waals surface area contributed by atoms with Crippen LogP contribution in [0.2, 0.25) is 0 Å². The van der Waals surface area contributed by atoms with Crippen LogP contribution in [-0.4, -0.2) is 42.4 Å². The van der Waals surface area contributed by atoms with E-state index in [2.05, 4.69) is 15.7 Å². The molecule has 8 nitrogen and oxygen atoms in total. The Morgan fingerprint density at radius 3 is 2.12 bits per heavy atom. The molecule has 0 aliphatic carbocycles. The van der Waals surface area contributed by atoms with Crippen LogP contribution in [-0.2, 0) is 9.53 Å². The lowest BCUT2D eigenvalue weighted by Crippen LogP contribution is -2.17. The van der Waals surface area contributed by atoms with E-state index in [1.165, 1.54) is 7.11 Å². The number of rotatable bonds is 8. The number of para-hydroxylation sites is 1. The van der Waals surface area contributed by atoms with Gasteiger partial charge >= 0.3 is 0 Å². The number of nitrogens with zero attached hydrogens (tertiary/aromatic N) is 2. The third-order valence-electron chi connectivity index (χ3n) is 5.05. The quantitative estimate of drug-likeness (QED) is 0.410. The van der Waals surface area contributed by atoms with Gasteiger partial charge in [0.15, 0.2) is 0 Å². The average Bonchev–Trinajstić information content (AvgIpc) is 3.32. The van der Waals surface area contributed by atoms with E-state index >= 15 is 0 Å². The van der Waals surface area contributed by atoms with E-state index < -0.39 is 0 Å². The summed E-state index contributed by atoms with van der Waals surface area (Å²) in [6.45, 7) is -0.0297. The molecule has 0 unspecified atom stereocenters. The number of benzene rings is 3. The van der Waals surface area contributed by atoms with Crippen molar-refractivity contribution in [2.24, 2.45) is 0 Å². The lowest BCUT2D eigenvalue weighted by molar-refractivity contribution is -0.119. The first-order valence-electron chi connectivity index (χ1n) is 10.6. The molecular weight excluding hydrogens is 432 g/mol. The number of hydrogen-bond donors (Lipinski definition) is 2. The summed E-state index contributed by atoms with van der Waals surface area (Å²) >= 11 is 0. The lowest BCUT2D eigenvalue weighted by Gasteiger charge is -2.08. The SMILES string of the molecule is COCC(=O)Nc1ccc(NC(=O)c2cn(-c3ccccc3)nc2-c2ccc(OC)cc2)cc1. The molecule has 1 heterocycles. The number of anilines is 2. The van der Waals surface area contributed by atoms with Gasteiger partial charge < -0.3 is 20.1 Å². The number of ether oxygens (including phenoxy) is 2. The average molecular weight is 457 g/mol. The topological polar surface area (TPSA) is 94.5 Å². The highest BCUT2D eigenvalue weighted by Crippen LogP contribution is 2.27. The second-order valence-corrected chi connectivity index (χ2v) is 7.41. The molecule has 0 saturated carbocycles. The molecule has 0 spiro atoms. The van der Waals surface area contributed by atoms with Crippen LogP contribution >= 0.6 is 0 Å². The predicted molar refractivity (Wildman–Crippen MR) is 130 cm³/mol. The minimum absolute atomic E-state index is 0.0297. The van der Waals surface area contributed by atoms with Crippen LogP contribution in [0.1, 0.15) is 10.4 Å². The molecule has 3 aromatic carbocycles. The maximum Gasteiger partial charge on any atom is 0.259 e. The van der Waals surface area contributed by atoms with Crippen LogP contribution in [0.4, 0.5) is 11.4 Å². The predicted octanol–water partition coefficient (Wildman–Crippen LogP) is 4.39. The normalized spacial score (nSPS) is 10.5. The summed E-state index contributed by atoms with van der Waals surface area (Å²) in [6.07, 6.45) is 1.71. The number of aromatic nitrogens is 2. The highest BCUT2D eigenvalue weighted by atomic mass is 16.5. The summed E-state index contributed by atoms with van der Waals surface area (Å²) in [5.41, 5.74) is 3.79. The molecule has 4 rings (SSSR count). The minimum atomic E-state index is -0.302. The summed E-state index contributed by atoms with van der Waals surface area (Å²) < 4.78 is 11.7. The summed E-state index contributed by atoms with van der Waals surface area (Å²) in [5.74, 6) is 0.163. The molecular formula is C26H24N4O4. The molecule has 0 aliphatic heterocycles. The van der Waals surface area contributed by atoms with Crippen LogP contribution in [0.25, 0.3) is 16.9 Å². The molecule has 2 amide bonds. The second kappa shape index (κ2) is 10.5. The number of methoxy groups -OCH3 is 2. The van der Waals surface area contributed by atoms with E-state index in [0.29, 0.717) is 22.6 Å². The molecule has 0 atom stereocenters. The summed E-state index contributed by atoms with van der Waals surface area (Å²) in [5, 5.41) is 10.3. The van der Waals surface area contributed by atoms with Crippen LogP contribution in [0.15, 0.2) is 85.1 Å². The van der Waals surface area contributed by atoms with Gasteiger partial charge in [0.2, 0.25) is 5.91 Å². The van der Waals surface area contributed by atoms with E-state index in [4.69, 9.17) is 9.47 Å². The smallest absolute Gasteiger partial charge is 0.259 e. The molecule has 4 aromatic rings. The van der Waals surface area contributed by atoms with Crippen molar-refractivity contribution in [2.75, 3.05) is 31.5 Å². The molecule has 172 valence electrons. The van der Waals surface area contributed by atoms with Crippen molar-refractivity contribution < 1.29 is 19.1 Å². The largest absolute Gasteiger partial charge is 0.497 e. The van der Waals surface area contributed by atoms with E-state index in [-0.39, 0.29) is 18.4 Å². The van der Waals surface area contributed by atoms with Crippen molar-refractivity contribution in [1.82, 2.24) is 9.78 Å². The van der Waals surface area contributed by atoms with Gasteiger partial charge in [0.05, 0.1) is 18.4 Å². The molecule has 0 aliphatic rings. The van der Waals surface area contributed by atoms with Crippen LogP contribution in [0.3, 0.4) is 0 Å². The van der Waals surface area contributed by atoms with Gasteiger partial charge in [0.25, 0.3) is 5.91 Å². The van der Waals surface area contributed by atoms with Crippen LogP contribution < -0.4 is 15.4 Å². The Hall–Kier alpha value is -4.43. The van der Waals surface area contributed by atoms with Crippen LogP contribution in [0, 0.1) is 0 Å². The van der Waals surface area contributed by atoms with Gasteiger partial charge in [0.1, 0.15) is 18.1 Å². The van der Waals surface area contributed by atoms with Gasteiger partial charge in [-0.25, -0.2) is 4.68 Å². The van der Waals surface area contributed by atoms with Crippen molar-refractivity contribution in [2.45, 2.75) is 0 Å². The number of carbonyl (C=O) groups is 2. The highest BCUT2D eigenvalue weighted by Gasteiger charge is 2.19. The van der Waals surface area contributed by atoms with Crippen molar-refractivity contribution in [3.05, 3.63) is 90.6 Å². The fourth-order valence-electron chi connectivity index (χ4n) is 3.38. The zero-order valence-corrected chi connectivity index (χ0v) is 18.8. The standard InChI is InChI=1S/C26H24N4O4/c1-33-17-24(31)27-19-10-12-20(13-11-19)28-26(32)23-16-30(21-6-4-3-5-7-21)29-25(23)18-8-14-22(34-2)15-9-18/h3-16H,17H2,1-2H3,(H,27,31)(H,28,32). The monoisotopic (exact) mass is 456 g/mol. The molecule has 34 heavy (non-hydrogen) atoms. The zero-order chi connectivity index (χ0) is 23.9. The Labute approximate surface area is 197 Å². The first-order valence-corrected chi connectivity index (χ1v) is 10.6.